The van der Waals surface area contributed by atoms with Gasteiger partial charge >= 0.3 is 0 Å². The first kappa shape index (κ1) is 10.1. The second-order valence-corrected chi connectivity index (χ2v) is 3.28. The maximum atomic E-state index is 9.05. The lowest BCUT2D eigenvalue weighted by molar-refractivity contribution is 0.208. The van der Waals surface area contributed by atoms with Gasteiger partial charge in [-0.1, -0.05) is 19.1 Å². The number of hydrogen-bond donors (Lipinski definition) is 2. The van der Waals surface area contributed by atoms with E-state index in [4.69, 9.17) is 5.11 Å². The molecule has 0 fully saturated rings. The topological polar surface area (TPSA) is 32.3 Å². The van der Waals surface area contributed by atoms with Gasteiger partial charge in [-0.2, -0.15) is 0 Å². The van der Waals surface area contributed by atoms with Crippen LogP contribution >= 0.6 is 0 Å². The molecule has 0 spiro atoms. The van der Waals surface area contributed by atoms with Crippen LogP contribution in [0.4, 0.5) is 5.69 Å². The van der Waals surface area contributed by atoms with E-state index in [2.05, 4.69) is 24.4 Å². The van der Waals surface area contributed by atoms with Crippen LogP contribution in [0.15, 0.2) is 24.3 Å². The Labute approximate surface area is 79.6 Å². The van der Waals surface area contributed by atoms with Gasteiger partial charge in [0.1, 0.15) is 0 Å². The van der Waals surface area contributed by atoms with Crippen LogP contribution in [0.1, 0.15) is 19.4 Å². The summed E-state index contributed by atoms with van der Waals surface area (Å²) in [4.78, 5) is 0. The molecular formula is C11H17NO. The van der Waals surface area contributed by atoms with Crippen molar-refractivity contribution in [2.75, 3.05) is 11.9 Å². The normalized spacial score (nSPS) is 12.5. The molecule has 0 saturated heterocycles. The molecule has 13 heavy (non-hydrogen) atoms. The van der Waals surface area contributed by atoms with Crippen molar-refractivity contribution in [2.45, 2.75) is 26.4 Å². The van der Waals surface area contributed by atoms with Crippen molar-refractivity contribution in [2.24, 2.45) is 0 Å². The third-order valence-corrected chi connectivity index (χ3v) is 1.96. The summed E-state index contributed by atoms with van der Waals surface area (Å²) in [6.45, 7) is 4.51. The third kappa shape index (κ3) is 3.47. The van der Waals surface area contributed by atoms with E-state index in [9.17, 15) is 0 Å². The minimum atomic E-state index is -0.300. The summed E-state index contributed by atoms with van der Waals surface area (Å²) in [7, 11) is 0. The van der Waals surface area contributed by atoms with Crippen molar-refractivity contribution in [1.29, 1.82) is 0 Å². The molecule has 0 bridgehead atoms. The van der Waals surface area contributed by atoms with Gasteiger partial charge in [0, 0.05) is 12.2 Å². The molecular weight excluding hydrogens is 162 g/mol. The van der Waals surface area contributed by atoms with Crippen molar-refractivity contribution < 1.29 is 5.11 Å². The average Bonchev–Trinajstić information content (AvgIpc) is 2.15. The second kappa shape index (κ2) is 4.87. The first-order valence-electron chi connectivity index (χ1n) is 4.73. The van der Waals surface area contributed by atoms with Gasteiger partial charge in [-0.3, -0.25) is 0 Å². The van der Waals surface area contributed by atoms with Crippen molar-refractivity contribution in [3.63, 3.8) is 0 Å². The van der Waals surface area contributed by atoms with Crippen LogP contribution in [-0.2, 0) is 6.42 Å². The molecule has 72 valence electrons. The number of aliphatic hydroxyl groups is 1. The highest BCUT2D eigenvalue weighted by atomic mass is 16.3. The fraction of sp³-hybridized carbons (Fsp3) is 0.455. The quantitative estimate of drug-likeness (QED) is 0.741. The second-order valence-electron chi connectivity index (χ2n) is 3.28. The van der Waals surface area contributed by atoms with E-state index in [1.807, 2.05) is 12.1 Å². The maximum Gasteiger partial charge on any atom is 0.0684 e. The number of aryl methyl sites for hydroxylation is 1. The van der Waals surface area contributed by atoms with Crippen molar-refractivity contribution in [3.8, 4) is 0 Å². The molecule has 2 N–H and O–H groups in total. The highest BCUT2D eigenvalue weighted by Crippen LogP contribution is 2.09. The van der Waals surface area contributed by atoms with Gasteiger partial charge in [0.25, 0.3) is 0 Å². The van der Waals surface area contributed by atoms with Crippen LogP contribution in [0, 0.1) is 0 Å². The summed E-state index contributed by atoms with van der Waals surface area (Å²) in [6, 6.07) is 8.29. The lowest BCUT2D eigenvalue weighted by Gasteiger charge is -2.08. The van der Waals surface area contributed by atoms with Gasteiger partial charge in [0.05, 0.1) is 6.10 Å². The predicted molar refractivity (Wildman–Crippen MR) is 56.0 cm³/mol. The number of aliphatic hydroxyl groups excluding tert-OH is 1. The third-order valence-electron chi connectivity index (χ3n) is 1.96. The summed E-state index contributed by atoms with van der Waals surface area (Å²) < 4.78 is 0. The molecule has 2 heteroatoms. The Morgan fingerprint density at radius 3 is 2.38 bits per heavy atom. The molecule has 0 unspecified atom stereocenters. The fourth-order valence-corrected chi connectivity index (χ4v) is 1.12. The van der Waals surface area contributed by atoms with Crippen LogP contribution in [0.3, 0.4) is 0 Å². The molecule has 1 rings (SSSR count). The van der Waals surface area contributed by atoms with E-state index >= 15 is 0 Å². The molecule has 0 radical (unpaired) electrons. The SMILES string of the molecule is CCc1ccc(NC[C@@H](C)O)cc1. The molecule has 1 aromatic carbocycles. The number of nitrogens with one attached hydrogen (secondary N) is 1. The van der Waals surface area contributed by atoms with Gasteiger partial charge in [-0.25, -0.2) is 0 Å². The highest BCUT2D eigenvalue weighted by Gasteiger charge is 1.95. The van der Waals surface area contributed by atoms with E-state index in [0.717, 1.165) is 12.1 Å². The van der Waals surface area contributed by atoms with E-state index < -0.39 is 0 Å². The van der Waals surface area contributed by atoms with E-state index in [1.165, 1.54) is 5.56 Å². The molecule has 0 aliphatic heterocycles. The fourth-order valence-electron chi connectivity index (χ4n) is 1.12. The molecule has 2 nitrogen and oxygen atoms in total. The van der Waals surface area contributed by atoms with E-state index in [0.29, 0.717) is 6.54 Å². The van der Waals surface area contributed by atoms with E-state index in [-0.39, 0.29) is 6.10 Å². The Kier molecular flexibility index (Phi) is 3.77. The number of anilines is 1. The van der Waals surface area contributed by atoms with Gasteiger partial charge in [-0.15, -0.1) is 0 Å². The van der Waals surface area contributed by atoms with Crippen LogP contribution in [-0.4, -0.2) is 17.8 Å². The zero-order chi connectivity index (χ0) is 9.68. The summed E-state index contributed by atoms with van der Waals surface area (Å²) in [5.41, 5.74) is 2.40. The van der Waals surface area contributed by atoms with Gasteiger partial charge in [0.15, 0.2) is 0 Å². The standard InChI is InChI=1S/C11H17NO/c1-3-10-4-6-11(7-5-10)12-8-9(2)13/h4-7,9,12-13H,3,8H2,1-2H3/t9-/m1/s1. The van der Waals surface area contributed by atoms with Crippen LogP contribution < -0.4 is 5.32 Å². The monoisotopic (exact) mass is 179 g/mol. The Morgan fingerprint density at radius 1 is 1.31 bits per heavy atom. The predicted octanol–water partition coefficient (Wildman–Crippen LogP) is 2.04. The van der Waals surface area contributed by atoms with Crippen LogP contribution in [0.5, 0.6) is 0 Å². The van der Waals surface area contributed by atoms with Crippen molar-refractivity contribution in [1.82, 2.24) is 0 Å². The molecule has 0 heterocycles. The molecule has 0 aliphatic rings. The minimum absolute atomic E-state index is 0.300. The number of hydrogen-bond acceptors (Lipinski definition) is 2. The Hall–Kier alpha value is -1.02. The summed E-state index contributed by atoms with van der Waals surface area (Å²) in [5, 5.41) is 12.2. The highest BCUT2D eigenvalue weighted by molar-refractivity contribution is 5.44. The molecule has 1 aromatic rings. The zero-order valence-electron chi connectivity index (χ0n) is 8.25. The van der Waals surface area contributed by atoms with Crippen molar-refractivity contribution in [3.05, 3.63) is 29.8 Å². The molecule has 0 saturated carbocycles. The Balaban J connectivity index is 2.49. The van der Waals surface area contributed by atoms with Crippen LogP contribution in [0.2, 0.25) is 0 Å². The maximum absolute atomic E-state index is 9.05. The first-order valence-corrected chi connectivity index (χ1v) is 4.73. The Morgan fingerprint density at radius 2 is 1.92 bits per heavy atom. The first-order chi connectivity index (χ1) is 6.22. The smallest absolute Gasteiger partial charge is 0.0684 e. The lowest BCUT2D eigenvalue weighted by atomic mass is 10.1. The molecule has 0 amide bonds. The van der Waals surface area contributed by atoms with Gasteiger partial charge < -0.3 is 10.4 Å². The number of benzene rings is 1. The Bertz CT molecular complexity index is 241. The minimum Gasteiger partial charge on any atom is -0.392 e. The average molecular weight is 179 g/mol. The van der Waals surface area contributed by atoms with Crippen molar-refractivity contribution >= 4 is 5.69 Å². The molecule has 0 aliphatic carbocycles. The zero-order valence-corrected chi connectivity index (χ0v) is 8.25. The lowest BCUT2D eigenvalue weighted by Crippen LogP contribution is -2.15. The molecule has 0 aromatic heterocycles. The summed E-state index contributed by atoms with van der Waals surface area (Å²) in [5.74, 6) is 0. The summed E-state index contributed by atoms with van der Waals surface area (Å²) in [6.07, 6.45) is 0.766. The largest absolute Gasteiger partial charge is 0.392 e. The van der Waals surface area contributed by atoms with Gasteiger partial charge in [-0.05, 0) is 31.0 Å². The van der Waals surface area contributed by atoms with Crippen LogP contribution in [0.25, 0.3) is 0 Å². The molecule has 1 atom stereocenters. The number of rotatable bonds is 4. The van der Waals surface area contributed by atoms with Gasteiger partial charge in [0.2, 0.25) is 0 Å². The summed E-state index contributed by atoms with van der Waals surface area (Å²) >= 11 is 0. The van der Waals surface area contributed by atoms with E-state index in [1.54, 1.807) is 6.92 Å².